The van der Waals surface area contributed by atoms with E-state index < -0.39 is 17.4 Å². The van der Waals surface area contributed by atoms with Crippen molar-refractivity contribution in [2.45, 2.75) is 26.3 Å². The van der Waals surface area contributed by atoms with Gasteiger partial charge < -0.3 is 20.5 Å². The van der Waals surface area contributed by atoms with Gasteiger partial charge in [0.1, 0.15) is 5.41 Å². The van der Waals surface area contributed by atoms with Gasteiger partial charge in [-0.15, -0.1) is 0 Å². The van der Waals surface area contributed by atoms with Gasteiger partial charge in [-0.3, -0.25) is 4.79 Å². The van der Waals surface area contributed by atoms with E-state index in [1.807, 2.05) is 19.1 Å². The van der Waals surface area contributed by atoms with Crippen molar-refractivity contribution in [3.8, 4) is 0 Å². The molecule has 2 unspecified atom stereocenters. The van der Waals surface area contributed by atoms with E-state index in [9.17, 15) is 9.59 Å². The molecule has 18 heavy (non-hydrogen) atoms. The number of hydrogen-bond donors (Lipinski definition) is 3. The van der Waals surface area contributed by atoms with E-state index in [0.717, 1.165) is 6.42 Å². The Kier molecular flexibility index (Phi) is 5.15. The van der Waals surface area contributed by atoms with Crippen molar-refractivity contribution in [2.24, 2.45) is 5.41 Å². The van der Waals surface area contributed by atoms with Crippen molar-refractivity contribution in [1.82, 2.24) is 10.6 Å². The predicted molar refractivity (Wildman–Crippen MR) is 66.3 cm³/mol. The summed E-state index contributed by atoms with van der Waals surface area (Å²) in [5.74, 6) is -0.959. The van der Waals surface area contributed by atoms with Crippen LogP contribution in [0.25, 0.3) is 0 Å². The molecule has 1 fully saturated rings. The van der Waals surface area contributed by atoms with Crippen LogP contribution in [0.1, 0.15) is 20.3 Å². The van der Waals surface area contributed by atoms with E-state index in [4.69, 9.17) is 9.84 Å². The highest BCUT2D eigenvalue weighted by atomic mass is 16.5. The first-order valence-electron chi connectivity index (χ1n) is 5.97. The van der Waals surface area contributed by atoms with Crippen molar-refractivity contribution in [3.05, 3.63) is 12.2 Å². The smallest absolute Gasteiger partial charge is 0.315 e. The second-order valence-electron chi connectivity index (χ2n) is 4.55. The fourth-order valence-corrected chi connectivity index (χ4v) is 1.73. The molecule has 6 heteroatoms. The third kappa shape index (κ3) is 3.46. The highest BCUT2D eigenvalue weighted by Gasteiger charge is 2.47. The molecule has 2 atom stereocenters. The number of aliphatic carboxylic acids is 1. The molecule has 0 bridgehead atoms. The molecule has 1 rings (SSSR count). The zero-order valence-corrected chi connectivity index (χ0v) is 10.7. The van der Waals surface area contributed by atoms with Gasteiger partial charge in [0.2, 0.25) is 0 Å². The topological polar surface area (TPSA) is 87.7 Å². The fraction of sp³-hybridized carbons (Fsp3) is 0.667. The van der Waals surface area contributed by atoms with Crippen molar-refractivity contribution in [3.63, 3.8) is 0 Å². The Morgan fingerprint density at radius 3 is 2.89 bits per heavy atom. The van der Waals surface area contributed by atoms with Crippen molar-refractivity contribution in [1.29, 1.82) is 0 Å². The van der Waals surface area contributed by atoms with Crippen molar-refractivity contribution in [2.75, 3.05) is 19.8 Å². The SMILES string of the molecule is C/C=C/CCNC(=O)NC1COCC1(C)C(=O)O. The Labute approximate surface area is 106 Å². The third-order valence-electron chi connectivity index (χ3n) is 3.08. The van der Waals surface area contributed by atoms with Gasteiger partial charge in [0.25, 0.3) is 0 Å². The molecule has 2 amide bonds. The van der Waals surface area contributed by atoms with E-state index in [0.29, 0.717) is 6.54 Å². The first-order valence-corrected chi connectivity index (χ1v) is 5.97. The van der Waals surface area contributed by atoms with Gasteiger partial charge in [0.05, 0.1) is 19.3 Å². The second kappa shape index (κ2) is 6.39. The van der Waals surface area contributed by atoms with Crippen LogP contribution in [0.5, 0.6) is 0 Å². The zero-order chi connectivity index (χ0) is 13.6. The lowest BCUT2D eigenvalue weighted by Crippen LogP contribution is -2.52. The maximum Gasteiger partial charge on any atom is 0.315 e. The molecule has 0 saturated carbocycles. The molecule has 0 spiro atoms. The molecule has 0 aromatic heterocycles. The molecule has 1 aliphatic heterocycles. The highest BCUT2D eigenvalue weighted by Crippen LogP contribution is 2.28. The molecule has 0 aliphatic carbocycles. The lowest BCUT2D eigenvalue weighted by molar-refractivity contribution is -0.148. The summed E-state index contributed by atoms with van der Waals surface area (Å²) in [5, 5.41) is 14.5. The van der Waals surface area contributed by atoms with E-state index in [1.54, 1.807) is 6.92 Å². The van der Waals surface area contributed by atoms with Crippen LogP contribution in [0, 0.1) is 5.41 Å². The Morgan fingerprint density at radius 1 is 1.56 bits per heavy atom. The molecular formula is C12H20N2O4. The largest absolute Gasteiger partial charge is 0.481 e. The third-order valence-corrected chi connectivity index (χ3v) is 3.08. The standard InChI is InChI=1S/C12H20N2O4/c1-3-4-5-6-13-11(17)14-9-7-18-8-12(9,2)10(15)16/h3-4,9H,5-8H2,1-2H3,(H,15,16)(H2,13,14,17)/b4-3+. The summed E-state index contributed by atoms with van der Waals surface area (Å²) < 4.78 is 5.14. The van der Waals surface area contributed by atoms with Gasteiger partial charge in [-0.05, 0) is 20.3 Å². The Morgan fingerprint density at radius 2 is 2.28 bits per heavy atom. The summed E-state index contributed by atoms with van der Waals surface area (Å²) in [6.07, 6.45) is 4.60. The molecule has 6 nitrogen and oxygen atoms in total. The highest BCUT2D eigenvalue weighted by molar-refractivity contribution is 5.79. The van der Waals surface area contributed by atoms with Crippen molar-refractivity contribution < 1.29 is 19.4 Å². The number of carboxylic acid groups (broad SMARTS) is 1. The summed E-state index contributed by atoms with van der Waals surface area (Å²) in [6, 6.07) is -0.862. The number of urea groups is 1. The van der Waals surface area contributed by atoms with Crippen LogP contribution in [-0.2, 0) is 9.53 Å². The number of carbonyl (C=O) groups excluding carboxylic acids is 1. The van der Waals surface area contributed by atoms with Crippen LogP contribution in [-0.4, -0.2) is 42.9 Å². The van der Waals surface area contributed by atoms with Gasteiger partial charge in [0, 0.05) is 6.54 Å². The summed E-state index contributed by atoms with van der Waals surface area (Å²) in [6.45, 7) is 4.35. The van der Waals surface area contributed by atoms with E-state index >= 15 is 0 Å². The summed E-state index contributed by atoms with van der Waals surface area (Å²) >= 11 is 0. The summed E-state index contributed by atoms with van der Waals surface area (Å²) in [4.78, 5) is 22.7. The molecule has 0 radical (unpaired) electrons. The number of rotatable bonds is 5. The van der Waals surface area contributed by atoms with Gasteiger partial charge in [0.15, 0.2) is 0 Å². The number of allylic oxidation sites excluding steroid dienone is 1. The minimum Gasteiger partial charge on any atom is -0.481 e. The Hall–Kier alpha value is -1.56. The van der Waals surface area contributed by atoms with Gasteiger partial charge in [-0.2, -0.15) is 0 Å². The minimum absolute atomic E-state index is 0.117. The number of carbonyl (C=O) groups is 2. The van der Waals surface area contributed by atoms with Gasteiger partial charge in [-0.1, -0.05) is 12.2 Å². The van der Waals surface area contributed by atoms with Crippen LogP contribution in [0.15, 0.2) is 12.2 Å². The summed E-state index contributed by atoms with van der Waals surface area (Å²) in [5.41, 5.74) is -1.05. The van der Waals surface area contributed by atoms with Gasteiger partial charge in [-0.25, -0.2) is 4.79 Å². The number of nitrogens with one attached hydrogen (secondary N) is 2. The van der Waals surface area contributed by atoms with Crippen LogP contribution in [0.4, 0.5) is 4.79 Å². The lowest BCUT2D eigenvalue weighted by atomic mass is 9.85. The average Bonchev–Trinajstić information content (AvgIpc) is 2.68. The number of hydrogen-bond acceptors (Lipinski definition) is 3. The monoisotopic (exact) mass is 256 g/mol. The quantitative estimate of drug-likeness (QED) is 0.500. The fourth-order valence-electron chi connectivity index (χ4n) is 1.73. The summed E-state index contributed by atoms with van der Waals surface area (Å²) in [7, 11) is 0. The lowest BCUT2D eigenvalue weighted by Gasteiger charge is -2.25. The molecule has 1 heterocycles. The number of ether oxygens (including phenoxy) is 1. The molecule has 0 aromatic carbocycles. The normalized spacial score (nSPS) is 27.3. The molecular weight excluding hydrogens is 236 g/mol. The Bertz CT molecular complexity index is 343. The first kappa shape index (κ1) is 14.5. The Balaban J connectivity index is 2.41. The zero-order valence-electron chi connectivity index (χ0n) is 10.7. The predicted octanol–water partition coefficient (Wildman–Crippen LogP) is 0.741. The minimum atomic E-state index is -1.05. The van der Waals surface area contributed by atoms with E-state index in [2.05, 4.69) is 10.6 Å². The molecule has 102 valence electrons. The molecule has 3 N–H and O–H groups in total. The number of amides is 2. The van der Waals surface area contributed by atoms with Gasteiger partial charge >= 0.3 is 12.0 Å². The van der Waals surface area contributed by atoms with Crippen LogP contribution in [0.3, 0.4) is 0 Å². The molecule has 1 saturated heterocycles. The number of carboxylic acids is 1. The van der Waals surface area contributed by atoms with Crippen LogP contribution >= 0.6 is 0 Å². The van der Waals surface area contributed by atoms with Crippen LogP contribution in [0.2, 0.25) is 0 Å². The maximum atomic E-state index is 11.6. The second-order valence-corrected chi connectivity index (χ2v) is 4.55. The molecule has 1 aliphatic rings. The van der Waals surface area contributed by atoms with Crippen molar-refractivity contribution >= 4 is 12.0 Å². The van der Waals surface area contributed by atoms with Crippen LogP contribution < -0.4 is 10.6 Å². The molecule has 0 aromatic rings. The van der Waals surface area contributed by atoms with E-state index in [-0.39, 0.29) is 19.2 Å². The average molecular weight is 256 g/mol. The van der Waals surface area contributed by atoms with E-state index in [1.165, 1.54) is 0 Å². The first-order chi connectivity index (χ1) is 8.50. The maximum absolute atomic E-state index is 11.6.